The lowest BCUT2D eigenvalue weighted by Gasteiger charge is -2.06. The molecule has 5 heteroatoms. The van der Waals surface area contributed by atoms with E-state index in [1.165, 1.54) is 11.3 Å². The van der Waals surface area contributed by atoms with Crippen molar-refractivity contribution in [2.24, 2.45) is 0 Å². The number of benzene rings is 1. The van der Waals surface area contributed by atoms with E-state index in [9.17, 15) is 0 Å². The second kappa shape index (κ2) is 4.72. The van der Waals surface area contributed by atoms with Crippen LogP contribution in [-0.2, 0) is 0 Å². The Labute approximate surface area is 119 Å². The van der Waals surface area contributed by atoms with Gasteiger partial charge in [-0.3, -0.25) is 0 Å². The van der Waals surface area contributed by atoms with Gasteiger partial charge in [0.25, 0.3) is 0 Å². The zero-order valence-corrected chi connectivity index (χ0v) is 11.8. The molecule has 0 aliphatic carbocycles. The number of hydrogen-bond acceptors (Lipinski definition) is 4. The Morgan fingerprint density at radius 3 is 2.63 bits per heavy atom. The summed E-state index contributed by atoms with van der Waals surface area (Å²) in [7, 11) is 0. The molecule has 96 valence electrons. The molecule has 2 heterocycles. The summed E-state index contributed by atoms with van der Waals surface area (Å²) in [6.07, 6.45) is 1.70. The Bertz CT molecular complexity index is 733. The summed E-state index contributed by atoms with van der Waals surface area (Å²) in [5.74, 6) is 0.784. The van der Waals surface area contributed by atoms with E-state index in [4.69, 9.17) is 21.9 Å². The van der Waals surface area contributed by atoms with Gasteiger partial charge in [0.15, 0.2) is 0 Å². The van der Waals surface area contributed by atoms with Gasteiger partial charge >= 0.3 is 0 Å². The van der Waals surface area contributed by atoms with Crippen molar-refractivity contribution in [1.82, 2.24) is 5.16 Å². The van der Waals surface area contributed by atoms with Crippen molar-refractivity contribution in [1.29, 1.82) is 0 Å². The van der Waals surface area contributed by atoms with Crippen molar-refractivity contribution in [2.45, 2.75) is 6.92 Å². The molecule has 0 saturated carbocycles. The number of anilines is 1. The van der Waals surface area contributed by atoms with Crippen LogP contribution in [0.1, 0.15) is 5.76 Å². The Morgan fingerprint density at radius 2 is 2.05 bits per heavy atom. The molecule has 0 amide bonds. The molecule has 0 saturated heterocycles. The molecule has 0 bridgehead atoms. The Hall–Kier alpha value is -1.78. The van der Waals surface area contributed by atoms with Crippen molar-refractivity contribution < 1.29 is 4.52 Å². The maximum Gasteiger partial charge on any atom is 0.141 e. The fourth-order valence-corrected chi connectivity index (χ4v) is 3.08. The van der Waals surface area contributed by atoms with Crippen molar-refractivity contribution in [3.63, 3.8) is 0 Å². The molecule has 1 aromatic carbocycles. The number of hydrogen-bond donors (Lipinski definition) is 1. The molecule has 2 N–H and O–H groups in total. The number of aromatic nitrogens is 1. The van der Waals surface area contributed by atoms with Crippen LogP contribution >= 0.6 is 22.9 Å². The van der Waals surface area contributed by atoms with Gasteiger partial charge in [-0.25, -0.2) is 0 Å². The molecule has 2 aromatic heterocycles. The number of nitrogen functional groups attached to an aromatic ring is 1. The molecule has 0 radical (unpaired) electrons. The zero-order valence-electron chi connectivity index (χ0n) is 10.2. The van der Waals surface area contributed by atoms with Gasteiger partial charge in [-0.15, -0.1) is 11.3 Å². The summed E-state index contributed by atoms with van der Waals surface area (Å²) >= 11 is 7.47. The number of rotatable bonds is 2. The topological polar surface area (TPSA) is 52.0 Å². The Kier molecular flexibility index (Phi) is 3.05. The first-order valence-electron chi connectivity index (χ1n) is 5.72. The predicted octanol–water partition coefficient (Wildman–Crippen LogP) is 4.61. The Balaban J connectivity index is 2.06. The van der Waals surface area contributed by atoms with Gasteiger partial charge in [0.05, 0.1) is 10.5 Å². The lowest BCUT2D eigenvalue weighted by Crippen LogP contribution is -1.90. The van der Waals surface area contributed by atoms with Crippen LogP contribution in [0.25, 0.3) is 21.6 Å². The third kappa shape index (κ3) is 2.25. The van der Waals surface area contributed by atoms with Crippen LogP contribution in [-0.4, -0.2) is 5.16 Å². The fraction of sp³-hybridized carbons (Fsp3) is 0.0714. The molecule has 3 rings (SSSR count). The third-order valence-electron chi connectivity index (χ3n) is 2.95. The first-order chi connectivity index (χ1) is 9.15. The minimum Gasteiger partial charge on any atom is -0.398 e. The van der Waals surface area contributed by atoms with Crippen LogP contribution in [0.5, 0.6) is 0 Å². The third-order valence-corrected chi connectivity index (χ3v) is 4.22. The molecule has 0 atom stereocenters. The minimum absolute atomic E-state index is 0.719. The van der Waals surface area contributed by atoms with Crippen molar-refractivity contribution in [2.75, 3.05) is 5.73 Å². The molecule has 3 nitrogen and oxygen atoms in total. The normalized spacial score (nSPS) is 10.8. The average Bonchev–Trinajstić information content (AvgIpc) is 2.98. The molecule has 3 aromatic rings. The quantitative estimate of drug-likeness (QED) is 0.701. The summed E-state index contributed by atoms with van der Waals surface area (Å²) < 4.78 is 5.83. The maximum absolute atomic E-state index is 6.13. The van der Waals surface area contributed by atoms with Crippen molar-refractivity contribution >= 4 is 28.6 Å². The number of nitrogens with two attached hydrogens (primary N) is 1. The summed E-state index contributed by atoms with van der Waals surface area (Å²) in [4.78, 5) is 1.07. The van der Waals surface area contributed by atoms with Gasteiger partial charge in [0, 0.05) is 21.7 Å². The first-order valence-corrected chi connectivity index (χ1v) is 6.91. The number of halogens is 1. The molecule has 0 unspecified atom stereocenters. The van der Waals surface area contributed by atoms with E-state index >= 15 is 0 Å². The van der Waals surface area contributed by atoms with Crippen molar-refractivity contribution in [3.8, 4) is 21.6 Å². The SMILES string of the molecule is Cc1oncc1-c1ccc(-c2ccc(Cl)s2)c(N)c1. The monoisotopic (exact) mass is 290 g/mol. The molecule has 0 fully saturated rings. The number of thiophene rings is 1. The van der Waals surface area contributed by atoms with E-state index < -0.39 is 0 Å². The van der Waals surface area contributed by atoms with Crippen LogP contribution in [0.15, 0.2) is 41.1 Å². The molecule has 0 aliphatic heterocycles. The van der Waals surface area contributed by atoms with Gasteiger partial charge in [-0.2, -0.15) is 0 Å². The standard InChI is InChI=1S/C14H11ClN2OS/c1-8-11(7-17-18-8)9-2-3-10(12(16)6-9)13-4-5-14(15)19-13/h2-7H,16H2,1H3. The highest BCUT2D eigenvalue weighted by Crippen LogP contribution is 2.36. The average molecular weight is 291 g/mol. The summed E-state index contributed by atoms with van der Waals surface area (Å²) in [5.41, 5.74) is 9.81. The van der Waals surface area contributed by atoms with Crippen LogP contribution in [0.2, 0.25) is 4.34 Å². The van der Waals surface area contributed by atoms with Crippen LogP contribution in [0, 0.1) is 6.92 Å². The van der Waals surface area contributed by atoms with E-state index in [1.54, 1.807) is 6.20 Å². The second-order valence-corrected chi connectivity index (χ2v) is 5.92. The van der Waals surface area contributed by atoms with Crippen LogP contribution < -0.4 is 5.73 Å². The van der Waals surface area contributed by atoms with E-state index in [2.05, 4.69) is 5.16 Å². The number of aryl methyl sites for hydroxylation is 1. The molecular weight excluding hydrogens is 280 g/mol. The van der Waals surface area contributed by atoms with Gasteiger partial charge in [-0.05, 0) is 30.7 Å². The predicted molar refractivity (Wildman–Crippen MR) is 79.4 cm³/mol. The van der Waals surface area contributed by atoms with E-state index in [-0.39, 0.29) is 0 Å². The fourth-order valence-electron chi connectivity index (χ4n) is 1.99. The van der Waals surface area contributed by atoms with Gasteiger partial charge in [-0.1, -0.05) is 28.9 Å². The summed E-state index contributed by atoms with van der Waals surface area (Å²) in [6, 6.07) is 9.79. The smallest absolute Gasteiger partial charge is 0.141 e. The zero-order chi connectivity index (χ0) is 13.4. The second-order valence-electron chi connectivity index (χ2n) is 4.20. The molecular formula is C14H11ClN2OS. The van der Waals surface area contributed by atoms with Gasteiger partial charge in [0.2, 0.25) is 0 Å². The highest BCUT2D eigenvalue weighted by atomic mass is 35.5. The largest absolute Gasteiger partial charge is 0.398 e. The van der Waals surface area contributed by atoms with Crippen LogP contribution in [0.3, 0.4) is 0 Å². The van der Waals surface area contributed by atoms with E-state index in [1.807, 2.05) is 37.3 Å². The van der Waals surface area contributed by atoms with E-state index in [0.29, 0.717) is 0 Å². The lowest BCUT2D eigenvalue weighted by atomic mass is 10.0. The molecule has 19 heavy (non-hydrogen) atoms. The summed E-state index contributed by atoms with van der Waals surface area (Å²) in [5, 5.41) is 3.78. The Morgan fingerprint density at radius 1 is 1.21 bits per heavy atom. The van der Waals surface area contributed by atoms with E-state index in [0.717, 1.165) is 37.4 Å². The highest BCUT2D eigenvalue weighted by molar-refractivity contribution is 7.19. The van der Waals surface area contributed by atoms with Gasteiger partial charge < -0.3 is 10.3 Å². The minimum atomic E-state index is 0.719. The highest BCUT2D eigenvalue weighted by Gasteiger charge is 2.10. The van der Waals surface area contributed by atoms with Crippen LogP contribution in [0.4, 0.5) is 5.69 Å². The van der Waals surface area contributed by atoms with Gasteiger partial charge in [0.1, 0.15) is 5.76 Å². The van der Waals surface area contributed by atoms with Crippen molar-refractivity contribution in [3.05, 3.63) is 46.6 Å². The maximum atomic E-state index is 6.13. The molecule has 0 aliphatic rings. The summed E-state index contributed by atoms with van der Waals surface area (Å²) in [6.45, 7) is 1.88. The number of nitrogens with zero attached hydrogens (tertiary/aromatic N) is 1. The lowest BCUT2D eigenvalue weighted by molar-refractivity contribution is 0.398. The molecule has 0 spiro atoms. The first kappa shape index (κ1) is 12.3.